The van der Waals surface area contributed by atoms with Crippen LogP contribution in [0.4, 0.5) is 57.1 Å². The molecule has 1 rings (SSSR count). The molecule has 1 fully saturated rings. The lowest BCUT2D eigenvalue weighted by atomic mass is 9.76. The second-order valence-electron chi connectivity index (χ2n) is 12.3. The molecule has 11 nitrogen and oxygen atoms in total. The van der Waals surface area contributed by atoms with Crippen molar-refractivity contribution in [2.24, 2.45) is 23.7 Å². The van der Waals surface area contributed by atoms with Gasteiger partial charge in [0.1, 0.15) is 5.60 Å². The summed E-state index contributed by atoms with van der Waals surface area (Å²) in [7, 11) is 0. The van der Waals surface area contributed by atoms with E-state index in [2.05, 4.69) is 14.2 Å². The van der Waals surface area contributed by atoms with Crippen molar-refractivity contribution in [1.82, 2.24) is 0 Å². The Balaban J connectivity index is 3.62. The molecule has 0 spiro atoms. The molecule has 0 radical (unpaired) electrons. The fraction of sp³-hybridized carbons (Fsp3) is 0.828. The van der Waals surface area contributed by atoms with E-state index in [1.165, 1.54) is 0 Å². The van der Waals surface area contributed by atoms with E-state index in [4.69, 9.17) is 14.2 Å². The van der Waals surface area contributed by atoms with Crippen molar-refractivity contribution in [3.05, 3.63) is 0 Å². The van der Waals surface area contributed by atoms with Gasteiger partial charge in [-0.1, -0.05) is 13.8 Å². The molecule has 6 unspecified atom stereocenters. The van der Waals surface area contributed by atoms with Gasteiger partial charge in [-0.25, -0.2) is 8.78 Å². The van der Waals surface area contributed by atoms with Crippen LogP contribution >= 0.6 is 0 Å². The van der Waals surface area contributed by atoms with E-state index in [0.29, 0.717) is 26.9 Å². The maximum Gasteiger partial charge on any atom is 0.434 e. The predicted octanol–water partition coefficient (Wildman–Crippen LogP) is 5.90. The summed E-state index contributed by atoms with van der Waals surface area (Å²) >= 11 is 0. The maximum atomic E-state index is 13.6. The molecule has 0 aliphatic carbocycles. The number of carbonyl (C=O) groups excluding carboxylic acids is 5. The monoisotopic (exact) mass is 806 g/mol. The quantitative estimate of drug-likeness (QED) is 0.0477. The first-order chi connectivity index (χ1) is 23.9. The topological polar surface area (TPSA) is 144 Å². The van der Waals surface area contributed by atoms with Crippen LogP contribution in [0, 0.1) is 23.7 Å². The molecule has 0 bridgehead atoms. The van der Waals surface area contributed by atoms with E-state index in [1.807, 2.05) is 0 Å². The molecule has 0 amide bonds. The van der Waals surface area contributed by atoms with Gasteiger partial charge >= 0.3 is 60.7 Å². The number of hydrogen-bond donors (Lipinski definition) is 0. The molecule has 24 heteroatoms. The third kappa shape index (κ3) is 16.5. The Morgan fingerprint density at radius 2 is 1.17 bits per heavy atom. The standard InChI is InChI=1S/C29H35F13O11/c1-13(19(44)48-7-5-6-16-10-49-16)17(22(47)51-12-27(34,35)36)8-25(4,53-15(3)43)9-18(21(46)50-11-26(32,33)24(30)31)14(2)20(45)52-23(28(37,38)39)29(40,41)42/h13-14,16-18,23-24H,5-12H2,1-4H3. The Bertz CT molecular complexity index is 1250. The summed E-state index contributed by atoms with van der Waals surface area (Å²) in [5, 5.41) is 0. The van der Waals surface area contributed by atoms with Crippen LogP contribution in [0.3, 0.4) is 0 Å². The van der Waals surface area contributed by atoms with E-state index in [1.54, 1.807) is 0 Å². The predicted molar refractivity (Wildman–Crippen MR) is 146 cm³/mol. The Kier molecular flexibility index (Phi) is 16.7. The van der Waals surface area contributed by atoms with Crippen molar-refractivity contribution in [3.8, 4) is 0 Å². The lowest BCUT2D eigenvalue weighted by Gasteiger charge is -2.37. The van der Waals surface area contributed by atoms with Gasteiger partial charge in [0.2, 0.25) is 0 Å². The van der Waals surface area contributed by atoms with Gasteiger partial charge in [0.05, 0.1) is 43.0 Å². The minimum Gasteiger partial charge on any atom is -0.465 e. The second kappa shape index (κ2) is 18.6. The average molecular weight is 807 g/mol. The number of epoxide rings is 1. The van der Waals surface area contributed by atoms with E-state index in [-0.39, 0.29) is 19.1 Å². The van der Waals surface area contributed by atoms with Crippen LogP contribution < -0.4 is 0 Å². The molecule has 1 saturated heterocycles. The molecule has 6 atom stereocenters. The fourth-order valence-electron chi connectivity index (χ4n) is 4.69. The number of rotatable bonds is 20. The molecule has 0 saturated carbocycles. The van der Waals surface area contributed by atoms with Gasteiger partial charge in [0.25, 0.3) is 6.10 Å². The number of halogens is 13. The zero-order chi connectivity index (χ0) is 41.3. The summed E-state index contributed by atoms with van der Waals surface area (Å²) < 4.78 is 197. The van der Waals surface area contributed by atoms with E-state index < -0.39 is 122 Å². The van der Waals surface area contributed by atoms with Crippen molar-refractivity contribution in [1.29, 1.82) is 0 Å². The normalized spacial score (nSPS) is 18.7. The highest BCUT2D eigenvalue weighted by atomic mass is 19.4. The highest BCUT2D eigenvalue weighted by Gasteiger charge is 2.60. The first-order valence-corrected chi connectivity index (χ1v) is 15.3. The molecular weight excluding hydrogens is 771 g/mol. The SMILES string of the molecule is CC(=O)OC(C)(CC(C(=O)OCC(F)(F)F)C(C)C(=O)OCCCC1CO1)CC(C(=O)OCC(F)(F)C(F)F)C(C)C(=O)OC(C(F)(F)F)C(F)(F)F. The Morgan fingerprint density at radius 1 is 0.717 bits per heavy atom. The van der Waals surface area contributed by atoms with Gasteiger partial charge < -0.3 is 28.4 Å². The summed E-state index contributed by atoms with van der Waals surface area (Å²) in [6, 6.07) is 0. The smallest absolute Gasteiger partial charge is 0.434 e. The number of alkyl halides is 13. The Labute approximate surface area is 292 Å². The largest absolute Gasteiger partial charge is 0.465 e. The van der Waals surface area contributed by atoms with Crippen LogP contribution in [0.1, 0.15) is 53.4 Å². The lowest BCUT2D eigenvalue weighted by Crippen LogP contribution is -2.48. The third-order valence-corrected chi connectivity index (χ3v) is 7.50. The fourth-order valence-corrected chi connectivity index (χ4v) is 4.69. The minimum atomic E-state index is -6.30. The Hall–Kier alpha value is -3.60. The van der Waals surface area contributed by atoms with Crippen LogP contribution in [0.2, 0.25) is 0 Å². The number of ether oxygens (including phenoxy) is 6. The summed E-state index contributed by atoms with van der Waals surface area (Å²) in [6.07, 6.45) is -29.0. The highest BCUT2D eigenvalue weighted by molar-refractivity contribution is 5.83. The second-order valence-corrected chi connectivity index (χ2v) is 12.3. The molecular formula is C29H35F13O11. The molecule has 0 aromatic rings. The first kappa shape index (κ1) is 47.4. The molecule has 1 aliphatic rings. The average Bonchev–Trinajstić information content (AvgIpc) is 3.83. The van der Waals surface area contributed by atoms with E-state index in [9.17, 15) is 81.0 Å². The number of hydrogen-bond acceptors (Lipinski definition) is 11. The van der Waals surface area contributed by atoms with E-state index in [0.717, 1.165) is 13.8 Å². The first-order valence-electron chi connectivity index (χ1n) is 15.3. The summed E-state index contributed by atoms with van der Waals surface area (Å²) in [6.45, 7) is -1.77. The lowest BCUT2D eigenvalue weighted by molar-refractivity contribution is -0.314. The van der Waals surface area contributed by atoms with Crippen LogP contribution in [0.25, 0.3) is 0 Å². The van der Waals surface area contributed by atoms with Gasteiger partial charge in [-0.15, -0.1) is 0 Å². The third-order valence-electron chi connectivity index (χ3n) is 7.50. The number of esters is 5. The molecule has 0 N–H and O–H groups in total. The van der Waals surface area contributed by atoms with Crippen LogP contribution in [0.5, 0.6) is 0 Å². The summed E-state index contributed by atoms with van der Waals surface area (Å²) in [5.74, 6) is -23.3. The molecule has 0 aromatic carbocycles. The molecule has 1 heterocycles. The van der Waals surface area contributed by atoms with Crippen LogP contribution in [0.15, 0.2) is 0 Å². The molecule has 1 aliphatic heterocycles. The Morgan fingerprint density at radius 3 is 1.57 bits per heavy atom. The zero-order valence-corrected chi connectivity index (χ0v) is 28.1. The molecule has 53 heavy (non-hydrogen) atoms. The van der Waals surface area contributed by atoms with Crippen molar-refractivity contribution >= 4 is 29.8 Å². The van der Waals surface area contributed by atoms with Crippen LogP contribution in [-0.2, 0) is 52.4 Å². The maximum absolute atomic E-state index is 13.6. The van der Waals surface area contributed by atoms with Gasteiger partial charge in [-0.05, 0) is 19.8 Å². The summed E-state index contributed by atoms with van der Waals surface area (Å²) in [4.78, 5) is 63.5. The van der Waals surface area contributed by atoms with Gasteiger partial charge in [-0.2, -0.15) is 48.3 Å². The zero-order valence-electron chi connectivity index (χ0n) is 28.1. The molecule has 0 aromatic heterocycles. The number of carbonyl (C=O) groups is 5. The van der Waals surface area contributed by atoms with Gasteiger partial charge in [0, 0.05) is 19.8 Å². The van der Waals surface area contributed by atoms with E-state index >= 15 is 0 Å². The van der Waals surface area contributed by atoms with Crippen molar-refractivity contribution < 1.29 is 109 Å². The summed E-state index contributed by atoms with van der Waals surface area (Å²) in [5.41, 5.74) is -2.58. The van der Waals surface area contributed by atoms with Gasteiger partial charge in [0.15, 0.2) is 13.2 Å². The minimum absolute atomic E-state index is 0.102. The van der Waals surface area contributed by atoms with Gasteiger partial charge in [-0.3, -0.25) is 24.0 Å². The molecule has 308 valence electrons. The highest BCUT2D eigenvalue weighted by Crippen LogP contribution is 2.40. The van der Waals surface area contributed by atoms with Crippen LogP contribution in [-0.4, -0.2) is 105 Å². The van der Waals surface area contributed by atoms with Crippen molar-refractivity contribution in [2.75, 3.05) is 26.4 Å². The van der Waals surface area contributed by atoms with Crippen molar-refractivity contribution in [2.45, 2.75) is 102 Å². The van der Waals surface area contributed by atoms with Crippen molar-refractivity contribution in [3.63, 3.8) is 0 Å².